The molecule has 2 N–H and O–H groups in total. The summed E-state index contributed by atoms with van der Waals surface area (Å²) >= 11 is 0. The standard InChI is InChI=1S/C20H19N3O4/c1-27-14-8-6-13(7-9-14)23-18-15(3-2-10-21-18)17(24)16(20(23)26)19(25)22-11-12-4-5-12/h2-3,6-10,12,24H,4-5,11H2,1H3,(H,22,25). The van der Waals surface area contributed by atoms with Crippen molar-refractivity contribution in [3.63, 3.8) is 0 Å². The minimum absolute atomic E-state index is 0.271. The van der Waals surface area contributed by atoms with Crippen LogP contribution in [-0.2, 0) is 0 Å². The number of rotatable bonds is 5. The van der Waals surface area contributed by atoms with Gasteiger partial charge >= 0.3 is 0 Å². The predicted molar refractivity (Wildman–Crippen MR) is 101 cm³/mol. The number of methoxy groups -OCH3 is 1. The number of benzene rings is 1. The lowest BCUT2D eigenvalue weighted by Gasteiger charge is -2.14. The van der Waals surface area contributed by atoms with E-state index >= 15 is 0 Å². The van der Waals surface area contributed by atoms with Gasteiger partial charge in [-0.15, -0.1) is 0 Å². The van der Waals surface area contributed by atoms with Crippen LogP contribution >= 0.6 is 0 Å². The number of amides is 1. The molecule has 0 atom stereocenters. The Morgan fingerprint density at radius 1 is 1.30 bits per heavy atom. The van der Waals surface area contributed by atoms with Gasteiger partial charge in [0.15, 0.2) is 5.65 Å². The van der Waals surface area contributed by atoms with E-state index in [-0.39, 0.29) is 17.0 Å². The zero-order valence-electron chi connectivity index (χ0n) is 14.8. The maximum atomic E-state index is 13.1. The molecule has 7 heteroatoms. The minimum atomic E-state index is -0.614. The molecule has 0 aliphatic heterocycles. The SMILES string of the molecule is COc1ccc(-n2c(=O)c(C(=O)NCC3CC3)c(O)c3cccnc32)cc1. The molecule has 3 aromatic rings. The molecular weight excluding hydrogens is 346 g/mol. The number of carbonyl (C=O) groups is 1. The summed E-state index contributed by atoms with van der Waals surface area (Å²) in [5.41, 5.74) is -0.0752. The molecule has 0 saturated heterocycles. The van der Waals surface area contributed by atoms with Crippen molar-refractivity contribution < 1.29 is 14.6 Å². The van der Waals surface area contributed by atoms with Gasteiger partial charge in [-0.1, -0.05) is 0 Å². The van der Waals surface area contributed by atoms with Crippen LogP contribution in [0.4, 0.5) is 0 Å². The van der Waals surface area contributed by atoms with Crippen LogP contribution in [0.5, 0.6) is 11.5 Å². The first-order chi connectivity index (χ1) is 13.1. The fraction of sp³-hybridized carbons (Fsp3) is 0.250. The second-order valence-electron chi connectivity index (χ2n) is 6.59. The molecule has 7 nitrogen and oxygen atoms in total. The Labute approximate surface area is 155 Å². The molecule has 1 aromatic carbocycles. The summed E-state index contributed by atoms with van der Waals surface area (Å²) in [5.74, 6) is 0.186. The maximum absolute atomic E-state index is 13.1. The molecule has 0 spiro atoms. The first kappa shape index (κ1) is 17.1. The molecular formula is C20H19N3O4. The van der Waals surface area contributed by atoms with Gasteiger partial charge < -0.3 is 15.2 Å². The summed E-state index contributed by atoms with van der Waals surface area (Å²) in [4.78, 5) is 30.0. The van der Waals surface area contributed by atoms with Gasteiger partial charge in [0.1, 0.15) is 17.1 Å². The van der Waals surface area contributed by atoms with Crippen LogP contribution in [0.25, 0.3) is 16.7 Å². The van der Waals surface area contributed by atoms with Gasteiger partial charge in [-0.2, -0.15) is 0 Å². The van der Waals surface area contributed by atoms with Crippen molar-refractivity contribution in [3.8, 4) is 17.2 Å². The number of nitrogens with one attached hydrogen (secondary N) is 1. The van der Waals surface area contributed by atoms with Crippen LogP contribution < -0.4 is 15.6 Å². The Bertz CT molecular complexity index is 1070. The summed E-state index contributed by atoms with van der Waals surface area (Å²) in [5, 5.41) is 13.7. The molecule has 27 heavy (non-hydrogen) atoms. The molecule has 0 unspecified atom stereocenters. The summed E-state index contributed by atoms with van der Waals surface area (Å²) in [6.45, 7) is 0.505. The molecule has 1 amide bonds. The van der Waals surface area contributed by atoms with E-state index in [1.54, 1.807) is 43.5 Å². The zero-order chi connectivity index (χ0) is 19.0. The van der Waals surface area contributed by atoms with Crippen molar-refractivity contribution in [2.75, 3.05) is 13.7 Å². The lowest BCUT2D eigenvalue weighted by atomic mass is 10.1. The second kappa shape index (κ2) is 6.75. The van der Waals surface area contributed by atoms with Gasteiger partial charge in [-0.3, -0.25) is 14.2 Å². The molecule has 0 radical (unpaired) electrons. The fourth-order valence-electron chi connectivity index (χ4n) is 3.03. The van der Waals surface area contributed by atoms with E-state index in [1.165, 1.54) is 10.8 Å². The lowest BCUT2D eigenvalue weighted by Crippen LogP contribution is -2.34. The highest BCUT2D eigenvalue weighted by atomic mass is 16.5. The van der Waals surface area contributed by atoms with Gasteiger partial charge in [-0.25, -0.2) is 4.98 Å². The lowest BCUT2D eigenvalue weighted by molar-refractivity contribution is 0.0947. The number of carbonyl (C=O) groups excluding carboxylic acids is 1. The average Bonchev–Trinajstić information content (AvgIpc) is 3.51. The quantitative estimate of drug-likeness (QED) is 0.723. The van der Waals surface area contributed by atoms with Crippen LogP contribution in [0.15, 0.2) is 47.4 Å². The molecule has 1 fully saturated rings. The Morgan fingerprint density at radius 3 is 2.70 bits per heavy atom. The minimum Gasteiger partial charge on any atom is -0.506 e. The molecule has 4 rings (SSSR count). The second-order valence-corrected chi connectivity index (χ2v) is 6.59. The van der Waals surface area contributed by atoms with Crippen molar-refractivity contribution in [2.24, 2.45) is 5.92 Å². The predicted octanol–water partition coefficient (Wildman–Crippen LogP) is 2.24. The van der Waals surface area contributed by atoms with E-state index in [9.17, 15) is 14.7 Å². The molecule has 2 aromatic heterocycles. The zero-order valence-corrected chi connectivity index (χ0v) is 14.8. The molecule has 2 heterocycles. The van der Waals surface area contributed by atoms with Gasteiger partial charge in [0.2, 0.25) is 0 Å². The van der Waals surface area contributed by atoms with Crippen molar-refractivity contribution in [1.29, 1.82) is 0 Å². The number of hydrogen-bond donors (Lipinski definition) is 2. The van der Waals surface area contributed by atoms with Crippen LogP contribution in [0.1, 0.15) is 23.2 Å². The third-order valence-corrected chi connectivity index (χ3v) is 4.71. The Morgan fingerprint density at radius 2 is 2.04 bits per heavy atom. The van der Waals surface area contributed by atoms with Crippen LogP contribution in [-0.4, -0.2) is 34.2 Å². The smallest absolute Gasteiger partial charge is 0.273 e. The van der Waals surface area contributed by atoms with Gasteiger partial charge in [0, 0.05) is 12.7 Å². The number of aromatic nitrogens is 2. The largest absolute Gasteiger partial charge is 0.506 e. The van der Waals surface area contributed by atoms with Crippen LogP contribution in [0.2, 0.25) is 0 Å². The highest BCUT2D eigenvalue weighted by Crippen LogP contribution is 2.29. The molecule has 1 saturated carbocycles. The van der Waals surface area contributed by atoms with Gasteiger partial charge in [0.25, 0.3) is 11.5 Å². The van der Waals surface area contributed by atoms with E-state index in [2.05, 4.69) is 10.3 Å². The third kappa shape index (κ3) is 3.12. The van der Waals surface area contributed by atoms with Crippen molar-refractivity contribution in [1.82, 2.24) is 14.9 Å². The maximum Gasteiger partial charge on any atom is 0.273 e. The van der Waals surface area contributed by atoms with E-state index < -0.39 is 11.5 Å². The van der Waals surface area contributed by atoms with Crippen molar-refractivity contribution in [2.45, 2.75) is 12.8 Å². The van der Waals surface area contributed by atoms with Crippen molar-refractivity contribution >= 4 is 16.9 Å². The first-order valence-electron chi connectivity index (χ1n) is 8.75. The van der Waals surface area contributed by atoms with E-state index in [4.69, 9.17) is 4.74 Å². The summed E-state index contributed by atoms with van der Waals surface area (Å²) < 4.78 is 6.49. The van der Waals surface area contributed by atoms with Crippen LogP contribution in [0, 0.1) is 5.92 Å². The molecule has 1 aliphatic carbocycles. The fourth-order valence-corrected chi connectivity index (χ4v) is 3.03. The highest BCUT2D eigenvalue weighted by molar-refractivity contribution is 6.02. The van der Waals surface area contributed by atoms with E-state index in [0.29, 0.717) is 29.3 Å². The third-order valence-electron chi connectivity index (χ3n) is 4.71. The number of aromatic hydroxyl groups is 1. The Hall–Kier alpha value is -3.35. The first-order valence-corrected chi connectivity index (χ1v) is 8.75. The molecule has 1 aliphatic rings. The molecule has 0 bridgehead atoms. The normalized spacial score (nSPS) is 13.5. The van der Waals surface area contributed by atoms with E-state index in [1.807, 2.05) is 0 Å². The number of ether oxygens (including phenoxy) is 1. The average molecular weight is 365 g/mol. The Kier molecular flexibility index (Phi) is 4.27. The summed E-state index contributed by atoms with van der Waals surface area (Å²) in [7, 11) is 1.56. The summed E-state index contributed by atoms with van der Waals surface area (Å²) in [6, 6.07) is 10.1. The highest BCUT2D eigenvalue weighted by Gasteiger charge is 2.26. The van der Waals surface area contributed by atoms with Crippen LogP contribution in [0.3, 0.4) is 0 Å². The monoisotopic (exact) mass is 365 g/mol. The topological polar surface area (TPSA) is 93.5 Å². The van der Waals surface area contributed by atoms with Crippen molar-refractivity contribution in [3.05, 3.63) is 58.5 Å². The number of pyridine rings is 2. The number of fused-ring (bicyclic) bond motifs is 1. The molecule has 138 valence electrons. The number of hydrogen-bond acceptors (Lipinski definition) is 5. The summed E-state index contributed by atoms with van der Waals surface area (Å²) in [6.07, 6.45) is 3.68. The van der Waals surface area contributed by atoms with Gasteiger partial charge in [0.05, 0.1) is 18.2 Å². The Balaban J connectivity index is 1.90. The van der Waals surface area contributed by atoms with Gasteiger partial charge in [-0.05, 0) is 55.2 Å². The van der Waals surface area contributed by atoms with E-state index in [0.717, 1.165) is 12.8 Å². The number of nitrogens with zero attached hydrogens (tertiary/aromatic N) is 2.